The second-order valence-corrected chi connectivity index (χ2v) is 5.39. The van der Waals surface area contributed by atoms with Gasteiger partial charge in [-0.2, -0.15) is 0 Å². The second kappa shape index (κ2) is 4.63. The fourth-order valence-corrected chi connectivity index (χ4v) is 3.39. The zero-order valence-corrected chi connectivity index (χ0v) is 10.8. The van der Waals surface area contributed by atoms with Crippen LogP contribution in [0.5, 0.6) is 0 Å². The van der Waals surface area contributed by atoms with Crippen molar-refractivity contribution in [3.63, 3.8) is 0 Å². The number of rotatable bonds is 2. The molecule has 0 saturated heterocycles. The maximum Gasteiger partial charge on any atom is 0.170 e. The zero-order chi connectivity index (χ0) is 12.6. The van der Waals surface area contributed by atoms with Crippen LogP contribution < -0.4 is 0 Å². The van der Waals surface area contributed by atoms with E-state index in [0.29, 0.717) is 11.4 Å². The maximum atomic E-state index is 11.8. The van der Waals surface area contributed by atoms with Gasteiger partial charge in [0.25, 0.3) is 0 Å². The summed E-state index contributed by atoms with van der Waals surface area (Å²) in [5.41, 5.74) is -0.0473. The number of Topliss-reactive ketones (excluding diaryl/α,β-unsaturated/α-hetero) is 2. The molecule has 90 valence electrons. The number of thiophene rings is 1. The van der Waals surface area contributed by atoms with Gasteiger partial charge in [0.05, 0.1) is 10.6 Å². The zero-order valence-electron chi connectivity index (χ0n) is 9.20. The van der Waals surface area contributed by atoms with Crippen molar-refractivity contribution in [2.45, 2.75) is 25.7 Å². The van der Waals surface area contributed by atoms with Crippen LogP contribution in [0.3, 0.4) is 0 Å². The van der Waals surface area contributed by atoms with Crippen molar-refractivity contribution >= 4 is 34.5 Å². The molecule has 1 atom stereocenters. The summed E-state index contributed by atoms with van der Waals surface area (Å²) in [6.07, 6.45) is 0.542. The van der Waals surface area contributed by atoms with Gasteiger partial charge in [-0.15, -0.1) is 11.3 Å². The van der Waals surface area contributed by atoms with Gasteiger partial charge in [0.15, 0.2) is 11.6 Å². The molecule has 1 unspecified atom stereocenters. The monoisotopic (exact) mass is 270 g/mol. The van der Waals surface area contributed by atoms with E-state index >= 15 is 0 Å². The topological polar surface area (TPSA) is 54.4 Å². The fourth-order valence-electron chi connectivity index (χ4n) is 2.08. The molecule has 1 N–H and O–H groups in total. The lowest BCUT2D eigenvalue weighted by Crippen LogP contribution is -2.22. The van der Waals surface area contributed by atoms with Crippen LogP contribution in [-0.4, -0.2) is 16.7 Å². The Kier molecular flexibility index (Phi) is 3.35. The molecule has 3 nitrogen and oxygen atoms in total. The van der Waals surface area contributed by atoms with E-state index in [0.717, 1.165) is 4.88 Å². The van der Waals surface area contributed by atoms with Gasteiger partial charge in [-0.3, -0.25) is 9.59 Å². The Balaban J connectivity index is 2.33. The highest BCUT2D eigenvalue weighted by Crippen LogP contribution is 2.39. The molecule has 1 aromatic heterocycles. The van der Waals surface area contributed by atoms with Gasteiger partial charge in [-0.25, -0.2) is 0 Å². The van der Waals surface area contributed by atoms with E-state index in [4.69, 9.17) is 11.6 Å². The number of allylic oxidation sites excluding steroid dienone is 2. The van der Waals surface area contributed by atoms with E-state index in [-0.39, 0.29) is 35.2 Å². The Hall–Kier alpha value is -1.13. The van der Waals surface area contributed by atoms with E-state index in [2.05, 4.69) is 0 Å². The van der Waals surface area contributed by atoms with E-state index in [1.807, 2.05) is 5.38 Å². The van der Waals surface area contributed by atoms with E-state index in [1.165, 1.54) is 18.3 Å². The van der Waals surface area contributed by atoms with Gasteiger partial charge >= 0.3 is 0 Å². The third-order valence-corrected chi connectivity index (χ3v) is 4.33. The van der Waals surface area contributed by atoms with Crippen LogP contribution in [-0.2, 0) is 9.59 Å². The number of halogens is 1. The van der Waals surface area contributed by atoms with Crippen molar-refractivity contribution in [1.29, 1.82) is 0 Å². The molecule has 2 rings (SSSR count). The van der Waals surface area contributed by atoms with Crippen LogP contribution >= 0.6 is 22.9 Å². The van der Waals surface area contributed by atoms with Gasteiger partial charge in [-0.05, 0) is 18.4 Å². The van der Waals surface area contributed by atoms with Crippen molar-refractivity contribution < 1.29 is 14.7 Å². The number of ketones is 2. The summed E-state index contributed by atoms with van der Waals surface area (Å²) in [7, 11) is 0. The third-order valence-electron chi connectivity index (χ3n) is 2.81. The largest absolute Gasteiger partial charge is 0.511 e. The first-order valence-corrected chi connectivity index (χ1v) is 6.45. The molecule has 1 heterocycles. The SMILES string of the molecule is CC(=O)C1=C(O)CC(c2sccc2Cl)CC1=O. The Morgan fingerprint density at radius 3 is 2.71 bits per heavy atom. The number of aliphatic hydroxyl groups excluding tert-OH is 1. The van der Waals surface area contributed by atoms with Crippen LogP contribution in [0.1, 0.15) is 30.6 Å². The Bertz CT molecular complexity index is 516. The van der Waals surface area contributed by atoms with Gasteiger partial charge in [0, 0.05) is 23.6 Å². The molecule has 0 amide bonds. The molecule has 0 aromatic carbocycles. The van der Waals surface area contributed by atoms with Gasteiger partial charge in [0.1, 0.15) is 5.76 Å². The molecule has 0 aliphatic heterocycles. The first-order chi connectivity index (χ1) is 8.00. The maximum absolute atomic E-state index is 11.8. The molecule has 0 bridgehead atoms. The number of carbonyl (C=O) groups is 2. The van der Waals surface area contributed by atoms with Crippen LogP contribution in [0, 0.1) is 0 Å². The van der Waals surface area contributed by atoms with Gasteiger partial charge in [0.2, 0.25) is 0 Å². The second-order valence-electron chi connectivity index (χ2n) is 4.04. The molecule has 0 saturated carbocycles. The molecule has 1 aliphatic carbocycles. The molecular formula is C12H11ClO3S. The predicted molar refractivity (Wildman–Crippen MR) is 66.6 cm³/mol. The minimum atomic E-state index is -0.372. The summed E-state index contributed by atoms with van der Waals surface area (Å²) in [6.45, 7) is 1.29. The van der Waals surface area contributed by atoms with Crippen LogP contribution in [0.25, 0.3) is 0 Å². The van der Waals surface area contributed by atoms with Crippen molar-refractivity contribution in [3.05, 3.63) is 32.7 Å². The van der Waals surface area contributed by atoms with Crippen LogP contribution in [0.2, 0.25) is 5.02 Å². The van der Waals surface area contributed by atoms with Crippen molar-refractivity contribution in [2.75, 3.05) is 0 Å². The average molecular weight is 271 g/mol. The smallest absolute Gasteiger partial charge is 0.170 e. The van der Waals surface area contributed by atoms with E-state index in [9.17, 15) is 14.7 Å². The number of hydrogen-bond acceptors (Lipinski definition) is 4. The lowest BCUT2D eigenvalue weighted by Gasteiger charge is -2.21. The summed E-state index contributed by atoms with van der Waals surface area (Å²) in [5, 5.41) is 12.2. The minimum absolute atomic E-state index is 0.0473. The summed E-state index contributed by atoms with van der Waals surface area (Å²) in [4.78, 5) is 23.9. The lowest BCUT2D eigenvalue weighted by atomic mass is 9.85. The molecule has 17 heavy (non-hydrogen) atoms. The first-order valence-electron chi connectivity index (χ1n) is 5.19. The first kappa shape index (κ1) is 12.3. The summed E-state index contributed by atoms with van der Waals surface area (Å²) < 4.78 is 0. The van der Waals surface area contributed by atoms with E-state index < -0.39 is 0 Å². The molecule has 5 heteroatoms. The van der Waals surface area contributed by atoms with Crippen molar-refractivity contribution in [3.8, 4) is 0 Å². The normalized spacial score (nSPS) is 20.8. The number of hydrogen-bond donors (Lipinski definition) is 1. The highest BCUT2D eigenvalue weighted by molar-refractivity contribution is 7.10. The quantitative estimate of drug-likeness (QED) is 0.840. The Morgan fingerprint density at radius 1 is 1.53 bits per heavy atom. The highest BCUT2D eigenvalue weighted by Gasteiger charge is 2.32. The van der Waals surface area contributed by atoms with Gasteiger partial charge in [-0.1, -0.05) is 11.6 Å². The Labute approximate surface area is 108 Å². The van der Waals surface area contributed by atoms with Gasteiger partial charge < -0.3 is 5.11 Å². The average Bonchev–Trinajstić information content (AvgIpc) is 2.62. The highest BCUT2D eigenvalue weighted by atomic mass is 35.5. The minimum Gasteiger partial charge on any atom is -0.511 e. The standard InChI is InChI=1S/C12H11ClO3S/c1-6(14)11-9(15)4-7(5-10(11)16)12-8(13)2-3-17-12/h2-3,7,15H,4-5H2,1H3. The van der Waals surface area contributed by atoms with E-state index in [1.54, 1.807) is 6.07 Å². The predicted octanol–water partition coefficient (Wildman–Crippen LogP) is 3.25. The third kappa shape index (κ3) is 2.28. The molecule has 1 aliphatic rings. The number of aliphatic hydroxyl groups is 1. The van der Waals surface area contributed by atoms with Crippen molar-refractivity contribution in [2.24, 2.45) is 0 Å². The number of carbonyl (C=O) groups excluding carboxylic acids is 2. The molecule has 1 aromatic rings. The van der Waals surface area contributed by atoms with Crippen LogP contribution in [0.15, 0.2) is 22.8 Å². The fraction of sp³-hybridized carbons (Fsp3) is 0.333. The summed E-state index contributed by atoms with van der Waals surface area (Å²) >= 11 is 7.47. The van der Waals surface area contributed by atoms with Crippen molar-refractivity contribution in [1.82, 2.24) is 0 Å². The molecule has 0 fully saturated rings. The Morgan fingerprint density at radius 2 is 2.24 bits per heavy atom. The summed E-state index contributed by atoms with van der Waals surface area (Å²) in [5.74, 6) is -0.889. The lowest BCUT2D eigenvalue weighted by molar-refractivity contribution is -0.121. The summed E-state index contributed by atoms with van der Waals surface area (Å²) in [6, 6.07) is 1.77. The molecule has 0 spiro atoms. The molecule has 0 radical (unpaired) electrons. The molecular weight excluding hydrogens is 260 g/mol. The van der Waals surface area contributed by atoms with Crippen LogP contribution in [0.4, 0.5) is 0 Å².